The van der Waals surface area contributed by atoms with Crippen LogP contribution < -0.4 is 0 Å². The van der Waals surface area contributed by atoms with Crippen LogP contribution in [-0.4, -0.2) is 59.3 Å². The Balaban J connectivity index is 4.55. The molecule has 0 aromatic carbocycles. The highest BCUT2D eigenvalue weighted by molar-refractivity contribution is 7.05. The lowest BCUT2D eigenvalue weighted by atomic mass is 10.5. The van der Waals surface area contributed by atoms with Crippen molar-refractivity contribution in [2.75, 3.05) is 0 Å². The molecule has 84 valence electrons. The zero-order valence-electron chi connectivity index (χ0n) is 10.1. The van der Waals surface area contributed by atoms with Gasteiger partial charge in [0.1, 0.15) is 0 Å². The van der Waals surface area contributed by atoms with E-state index in [1.165, 1.54) is 0 Å². The van der Waals surface area contributed by atoms with Crippen LogP contribution in [-0.2, 0) is 8.85 Å². The molecular weight excluding hydrogens is 276 g/mol. The fourth-order valence-electron chi connectivity index (χ4n) is 1.54. The molecule has 0 rings (SSSR count). The van der Waals surface area contributed by atoms with Gasteiger partial charge in [-0.25, -0.2) is 0 Å². The van der Waals surface area contributed by atoms with Gasteiger partial charge in [-0.2, -0.15) is 0 Å². The summed E-state index contributed by atoms with van der Waals surface area (Å²) in [5.41, 5.74) is 0. The maximum atomic E-state index is 6.05. The lowest BCUT2D eigenvalue weighted by Gasteiger charge is -2.34. The average Bonchev–Trinajstić information content (AvgIpc) is 2.01. The maximum absolute atomic E-state index is 6.05. The van der Waals surface area contributed by atoms with Crippen molar-refractivity contribution in [1.82, 2.24) is 0 Å². The molecule has 0 bridgehead atoms. The minimum Gasteiger partial charge on any atom is -0.394 e. The van der Waals surface area contributed by atoms with Gasteiger partial charge in [0.15, 0.2) is 0 Å². The molecule has 15 heavy (non-hydrogen) atoms. The molecule has 0 atom stereocenters. The van der Waals surface area contributed by atoms with E-state index >= 15 is 0 Å². The van der Waals surface area contributed by atoms with E-state index < -0.39 is 47.1 Å². The van der Waals surface area contributed by atoms with Crippen molar-refractivity contribution in [3.05, 3.63) is 0 Å². The van der Waals surface area contributed by atoms with E-state index in [1.54, 1.807) is 0 Å². The Morgan fingerprint density at radius 1 is 0.933 bits per heavy atom. The highest BCUT2D eigenvalue weighted by atomic mass is 35.5. The van der Waals surface area contributed by atoms with Crippen LogP contribution in [0.1, 0.15) is 27.7 Å². The predicted octanol–water partition coefficient (Wildman–Crippen LogP) is 2.91. The summed E-state index contributed by atoms with van der Waals surface area (Å²) >= 11 is -1.10. The molecule has 0 N–H and O–H groups in total. The molecule has 0 aliphatic carbocycles. The molecule has 0 aliphatic rings. The molecule has 0 fully saturated rings. The monoisotopic (exact) mass is 292 g/mol. The zero-order valence-corrected chi connectivity index (χ0v) is 15.4. The van der Waals surface area contributed by atoms with Crippen LogP contribution in [0.5, 0.6) is 0 Å². The first-order chi connectivity index (χ1) is 6.95. The Hall–Kier alpha value is 2.25. The standard InChI is InChI=1S/C8H18O2Si.2ClH.2Mg/c1-7(2)9-11(5,6)10-8(3)4;;;;/h7-8H,5-6H2,1-4H3;2*1H;;/q;;;2*+1/p-2. The summed E-state index contributed by atoms with van der Waals surface area (Å²) in [6.45, 7) is 8.21. The SMILES string of the molecule is CC(C)O[Si]([CH2][Mg][Cl])([CH2][Mg][Cl])OC(C)C. The second kappa shape index (κ2) is 9.22. The fraction of sp³-hybridized carbons (Fsp3) is 1.00. The minimum atomic E-state index is -2.06. The van der Waals surface area contributed by atoms with Crippen molar-refractivity contribution in [3.8, 4) is 0 Å². The zero-order chi connectivity index (χ0) is 11.9. The van der Waals surface area contributed by atoms with Crippen LogP contribution in [0.25, 0.3) is 0 Å². The molecule has 0 radical (unpaired) electrons. The maximum Gasteiger partial charge on any atom is 0.502 e. The Morgan fingerprint density at radius 2 is 1.27 bits per heavy atom. The minimum absolute atomic E-state index is 0.213. The van der Waals surface area contributed by atoms with Crippen LogP contribution in [0, 0.1) is 0 Å². The Bertz CT molecular complexity index is 155. The third kappa shape index (κ3) is 8.05. The van der Waals surface area contributed by atoms with Crippen LogP contribution in [0.2, 0.25) is 8.35 Å². The van der Waals surface area contributed by atoms with Gasteiger partial charge in [0.2, 0.25) is 0 Å². The van der Waals surface area contributed by atoms with E-state index in [1.807, 2.05) is 0 Å². The van der Waals surface area contributed by atoms with Crippen LogP contribution >= 0.6 is 18.1 Å². The van der Waals surface area contributed by atoms with E-state index in [2.05, 4.69) is 27.7 Å². The second-order valence-corrected chi connectivity index (χ2v) is 13.4. The van der Waals surface area contributed by atoms with Gasteiger partial charge in [0, 0.05) is 12.2 Å². The van der Waals surface area contributed by atoms with Crippen molar-refractivity contribution in [2.24, 2.45) is 0 Å². The molecule has 2 nitrogen and oxygen atoms in total. The van der Waals surface area contributed by atoms with Crippen LogP contribution in [0.4, 0.5) is 0 Å². The largest absolute Gasteiger partial charge is 0.502 e. The molecule has 0 aromatic heterocycles. The van der Waals surface area contributed by atoms with Gasteiger partial charge >= 0.3 is 38.5 Å². The van der Waals surface area contributed by atoms with E-state index in [0.29, 0.717) is 0 Å². The quantitative estimate of drug-likeness (QED) is 0.641. The van der Waals surface area contributed by atoms with Crippen molar-refractivity contribution in [2.45, 2.75) is 48.2 Å². The van der Waals surface area contributed by atoms with E-state index in [0.717, 1.165) is 8.35 Å². The Labute approximate surface area is 121 Å². The van der Waals surface area contributed by atoms with Gasteiger partial charge in [-0.1, -0.05) is 8.35 Å². The third-order valence-corrected chi connectivity index (χ3v) is 14.7. The molecule has 0 unspecified atom stereocenters. The Morgan fingerprint density at radius 3 is 1.47 bits per heavy atom. The molecular formula is C8H18Cl2Mg2O2Si. The van der Waals surface area contributed by atoms with Gasteiger partial charge in [-0.3, -0.25) is 0 Å². The summed E-state index contributed by atoms with van der Waals surface area (Å²) in [7, 11) is 9.89. The predicted molar refractivity (Wildman–Crippen MR) is 71.0 cm³/mol. The summed E-state index contributed by atoms with van der Waals surface area (Å²) in [6.07, 6.45) is 0.426. The molecule has 7 heteroatoms. The van der Waals surface area contributed by atoms with E-state index in [4.69, 9.17) is 27.0 Å². The van der Waals surface area contributed by atoms with Gasteiger partial charge < -0.3 is 27.0 Å². The normalized spacial score (nSPS) is 11.7. The first-order valence-electron chi connectivity index (χ1n) is 5.43. The summed E-state index contributed by atoms with van der Waals surface area (Å²) in [5.74, 6) is 0. The second-order valence-electron chi connectivity index (χ2n) is 4.12. The molecule has 0 heterocycles. The third-order valence-electron chi connectivity index (χ3n) is 1.85. The fourth-order valence-corrected chi connectivity index (χ4v) is 15.9. The van der Waals surface area contributed by atoms with E-state index in [9.17, 15) is 0 Å². The van der Waals surface area contributed by atoms with Gasteiger partial charge in [0.05, 0.1) is 0 Å². The summed E-state index contributed by atoms with van der Waals surface area (Å²) in [6, 6.07) is 0. The summed E-state index contributed by atoms with van der Waals surface area (Å²) in [4.78, 5) is 0. The van der Waals surface area contributed by atoms with Crippen molar-refractivity contribution in [3.63, 3.8) is 0 Å². The molecule has 0 saturated heterocycles. The first kappa shape index (κ1) is 17.2. The molecule has 0 aliphatic heterocycles. The summed E-state index contributed by atoms with van der Waals surface area (Å²) < 4.78 is 14.0. The first-order valence-corrected chi connectivity index (χ1v) is 13.9. The average molecular weight is 294 g/mol. The number of rotatable bonds is 8. The van der Waals surface area contributed by atoms with Crippen molar-refractivity contribution in [1.29, 1.82) is 0 Å². The summed E-state index contributed by atoms with van der Waals surface area (Å²) in [5, 5.41) is 0. The van der Waals surface area contributed by atoms with E-state index in [-0.39, 0.29) is 12.2 Å². The lowest BCUT2D eigenvalue weighted by molar-refractivity contribution is 0.111. The molecule has 0 amide bonds. The van der Waals surface area contributed by atoms with Gasteiger partial charge in [-0.05, 0) is 27.7 Å². The molecule has 0 spiro atoms. The number of halogens is 2. The smallest absolute Gasteiger partial charge is 0.394 e. The Kier molecular flexibility index (Phi) is 10.6. The van der Waals surface area contributed by atoms with Crippen LogP contribution in [0.3, 0.4) is 0 Å². The molecule has 0 aromatic rings. The van der Waals surface area contributed by atoms with Crippen LogP contribution in [0.15, 0.2) is 0 Å². The van der Waals surface area contributed by atoms with Crippen molar-refractivity contribution >= 4 is 65.2 Å². The highest BCUT2D eigenvalue weighted by Crippen LogP contribution is 2.22. The van der Waals surface area contributed by atoms with Gasteiger partial charge in [0.25, 0.3) is 8.56 Å². The number of hydrogen-bond acceptors (Lipinski definition) is 2. The van der Waals surface area contributed by atoms with Crippen molar-refractivity contribution < 1.29 is 8.85 Å². The topological polar surface area (TPSA) is 18.5 Å². The van der Waals surface area contributed by atoms with Gasteiger partial charge in [-0.15, -0.1) is 0 Å². The molecule has 0 saturated carbocycles. The highest BCUT2D eigenvalue weighted by Gasteiger charge is 2.38. The lowest BCUT2D eigenvalue weighted by Crippen LogP contribution is -2.47. The number of hydrogen-bond donors (Lipinski definition) is 0.